The summed E-state index contributed by atoms with van der Waals surface area (Å²) in [5.74, 6) is 0. The van der Waals surface area contributed by atoms with Gasteiger partial charge in [0.05, 0.1) is 0 Å². The van der Waals surface area contributed by atoms with Gasteiger partial charge in [-0.15, -0.1) is 0 Å². The first-order valence-electron chi connectivity index (χ1n) is 1.52. The maximum absolute atomic E-state index is 9.47. The van der Waals surface area contributed by atoms with Gasteiger partial charge in [0.2, 0.25) is 0 Å². The quantitative estimate of drug-likeness (QED) is 0.228. The second-order valence-electron chi connectivity index (χ2n) is 1.20. The van der Waals surface area contributed by atoms with Crippen LogP contribution >= 0.6 is 0 Å². The molecule has 0 atom stereocenters. The molecule has 0 aliphatic heterocycles. The molecule has 0 amide bonds. The molecule has 0 aliphatic carbocycles. The van der Waals surface area contributed by atoms with Gasteiger partial charge < -0.3 is 5.11 Å². The van der Waals surface area contributed by atoms with Crippen molar-refractivity contribution in [1.82, 2.24) is 0 Å². The van der Waals surface area contributed by atoms with Crippen molar-refractivity contribution in [2.45, 2.75) is 13.8 Å². The maximum Gasteiger partial charge on any atom is 1.00 e. The van der Waals surface area contributed by atoms with E-state index in [4.69, 9.17) is 0 Å². The van der Waals surface area contributed by atoms with Crippen LogP contribution in [0.25, 0.3) is 0 Å². The van der Waals surface area contributed by atoms with Crippen LogP contribution in [0.3, 0.4) is 0 Å². The molecule has 30 valence electrons. The van der Waals surface area contributed by atoms with E-state index in [1.807, 2.05) is 0 Å². The molecule has 0 saturated heterocycles. The Morgan fingerprint density at radius 1 is 1.50 bits per heavy atom. The normalized spacial score (nSPS) is 5.67. The van der Waals surface area contributed by atoms with E-state index >= 15 is 0 Å². The van der Waals surface area contributed by atoms with E-state index in [2.05, 4.69) is 0 Å². The molecule has 0 radical (unpaired) electrons. The summed E-state index contributed by atoms with van der Waals surface area (Å²) in [5, 5.41) is 9.47. The minimum Gasteiger partial charge on any atom is -0.878 e. The van der Waals surface area contributed by atoms with Crippen LogP contribution < -0.4 is 24.0 Å². The Hall–Kier alpha value is 0.137. The van der Waals surface area contributed by atoms with Gasteiger partial charge in [-0.25, -0.2) is 0 Å². The Kier molecular flexibility index (Phi) is 8.10. The third kappa shape index (κ3) is 8.91. The molecule has 0 saturated carbocycles. The van der Waals surface area contributed by atoms with Crippen LogP contribution in [-0.2, 0) is 0 Å². The van der Waals surface area contributed by atoms with Gasteiger partial charge in [-0.2, -0.15) is 6.26 Å². The second kappa shape index (κ2) is 5.14. The molecule has 0 aromatic heterocycles. The molecule has 0 aromatic rings. The van der Waals surface area contributed by atoms with Crippen LogP contribution in [0, 0.1) is 0 Å². The van der Waals surface area contributed by atoms with Crippen molar-refractivity contribution < 1.29 is 24.0 Å². The number of hydrogen-bond acceptors (Lipinski definition) is 1. The molecule has 2 heteroatoms. The molecule has 0 rings (SSSR count). The molecule has 0 spiro atoms. The van der Waals surface area contributed by atoms with Gasteiger partial charge in [-0.1, -0.05) is 5.57 Å². The Morgan fingerprint density at radius 2 is 1.67 bits per heavy atom. The average molecular weight is 78.0 g/mol. The predicted octanol–water partition coefficient (Wildman–Crippen LogP) is -2.73. The van der Waals surface area contributed by atoms with E-state index in [9.17, 15) is 5.11 Å². The van der Waals surface area contributed by atoms with Gasteiger partial charge in [0.25, 0.3) is 0 Å². The fourth-order valence-electron chi connectivity index (χ4n) is 0. The van der Waals surface area contributed by atoms with E-state index in [1.54, 1.807) is 13.8 Å². The zero-order valence-corrected chi connectivity index (χ0v) is 4.49. The summed E-state index contributed by atoms with van der Waals surface area (Å²) < 4.78 is 0. The number of hydrogen-bond donors (Lipinski definition) is 0. The van der Waals surface area contributed by atoms with E-state index < -0.39 is 0 Å². The van der Waals surface area contributed by atoms with Gasteiger partial charge >= 0.3 is 18.9 Å². The van der Waals surface area contributed by atoms with E-state index in [1.165, 1.54) is 0 Å². The third-order valence-corrected chi connectivity index (χ3v) is 0.236. The van der Waals surface area contributed by atoms with Crippen LogP contribution in [0.15, 0.2) is 11.8 Å². The predicted molar refractivity (Wildman–Crippen MR) is 19.4 cm³/mol. The van der Waals surface area contributed by atoms with Crippen LogP contribution in [0.2, 0.25) is 0 Å². The smallest absolute Gasteiger partial charge is 0.878 e. The number of allylic oxidation sites excluding steroid dienone is 1. The topological polar surface area (TPSA) is 23.1 Å². The first kappa shape index (κ1) is 9.46. The van der Waals surface area contributed by atoms with Gasteiger partial charge in [0.15, 0.2) is 0 Å². The molecule has 0 bridgehead atoms. The molecule has 0 unspecified atom stereocenters. The Bertz CT molecular complexity index is 45.5. The Balaban J connectivity index is 0. The average Bonchev–Trinajstić information content (AvgIpc) is 1.38. The first-order chi connectivity index (χ1) is 2.27. The third-order valence-electron chi connectivity index (χ3n) is 0.236. The molecule has 0 aliphatic rings. The van der Waals surface area contributed by atoms with Crippen LogP contribution in [0.5, 0.6) is 0 Å². The van der Waals surface area contributed by atoms with Crippen molar-refractivity contribution in [2.75, 3.05) is 0 Å². The maximum atomic E-state index is 9.47. The van der Waals surface area contributed by atoms with Crippen molar-refractivity contribution in [3.05, 3.63) is 11.8 Å². The minimum atomic E-state index is 0. The molecule has 0 N–H and O–H groups in total. The van der Waals surface area contributed by atoms with Crippen LogP contribution in [0.4, 0.5) is 0 Å². The van der Waals surface area contributed by atoms with Crippen LogP contribution in [-0.4, -0.2) is 0 Å². The second-order valence-corrected chi connectivity index (χ2v) is 1.20. The SMILES string of the molecule is CC(C)=C[O-].[Li+]. The fraction of sp³-hybridized carbons (Fsp3) is 0.500. The summed E-state index contributed by atoms with van der Waals surface area (Å²) in [6.45, 7) is 3.54. The monoisotopic (exact) mass is 78.1 g/mol. The number of rotatable bonds is 0. The van der Waals surface area contributed by atoms with Crippen molar-refractivity contribution >= 4 is 0 Å². The first-order valence-corrected chi connectivity index (χ1v) is 1.52. The van der Waals surface area contributed by atoms with Crippen molar-refractivity contribution in [3.8, 4) is 0 Å². The minimum absolute atomic E-state index is 0. The Morgan fingerprint density at radius 3 is 1.67 bits per heavy atom. The zero-order chi connectivity index (χ0) is 4.28. The van der Waals surface area contributed by atoms with Gasteiger partial charge in [-0.3, -0.25) is 0 Å². The molecule has 0 fully saturated rings. The molecular weight excluding hydrogens is 71.0 g/mol. The largest absolute Gasteiger partial charge is 1.00 e. The van der Waals surface area contributed by atoms with E-state index in [0.717, 1.165) is 11.8 Å². The van der Waals surface area contributed by atoms with Gasteiger partial charge in [0, 0.05) is 0 Å². The summed E-state index contributed by atoms with van der Waals surface area (Å²) in [7, 11) is 0. The van der Waals surface area contributed by atoms with Gasteiger partial charge in [0.1, 0.15) is 0 Å². The zero-order valence-electron chi connectivity index (χ0n) is 4.49. The molecule has 0 heterocycles. The van der Waals surface area contributed by atoms with E-state index in [-0.39, 0.29) is 18.9 Å². The Labute approximate surface area is 50.2 Å². The molecular formula is C4H7LiO. The fourth-order valence-corrected chi connectivity index (χ4v) is 0. The van der Waals surface area contributed by atoms with Crippen molar-refractivity contribution in [2.24, 2.45) is 0 Å². The van der Waals surface area contributed by atoms with Crippen molar-refractivity contribution in [1.29, 1.82) is 0 Å². The molecule has 1 nitrogen and oxygen atoms in total. The summed E-state index contributed by atoms with van der Waals surface area (Å²) in [4.78, 5) is 0. The van der Waals surface area contributed by atoms with Crippen molar-refractivity contribution in [3.63, 3.8) is 0 Å². The summed E-state index contributed by atoms with van der Waals surface area (Å²) >= 11 is 0. The standard InChI is InChI=1S/C4H8O.Li/c1-4(2)3-5;/h3,5H,1-2H3;/q;+1/p-1. The summed E-state index contributed by atoms with van der Waals surface area (Å²) in [6, 6.07) is 0. The van der Waals surface area contributed by atoms with Crippen LogP contribution in [0.1, 0.15) is 13.8 Å². The van der Waals surface area contributed by atoms with E-state index in [0.29, 0.717) is 0 Å². The summed E-state index contributed by atoms with van der Waals surface area (Å²) in [6.07, 6.45) is 0.833. The molecule has 0 aromatic carbocycles. The molecule has 6 heavy (non-hydrogen) atoms. The summed E-state index contributed by atoms with van der Waals surface area (Å²) in [5.41, 5.74) is 0.824. The van der Waals surface area contributed by atoms with Gasteiger partial charge in [-0.05, 0) is 13.8 Å².